The number of methoxy groups -OCH3 is 2. The van der Waals surface area contributed by atoms with Crippen LogP contribution in [0.1, 0.15) is 18.1 Å². The maximum absolute atomic E-state index is 13.1. The minimum atomic E-state index is -0.198. The first-order chi connectivity index (χ1) is 18.0. The highest BCUT2D eigenvalue weighted by molar-refractivity contribution is 6.32. The minimum absolute atomic E-state index is 0.198. The van der Waals surface area contributed by atoms with Gasteiger partial charge in [-0.2, -0.15) is 10.1 Å². The van der Waals surface area contributed by atoms with Crippen LogP contribution in [0.3, 0.4) is 0 Å². The van der Waals surface area contributed by atoms with Crippen LogP contribution in [0.4, 0.5) is 5.69 Å². The van der Waals surface area contributed by atoms with Gasteiger partial charge in [-0.15, -0.1) is 6.58 Å². The molecule has 0 aromatic heterocycles. The largest absolute Gasteiger partial charge is 0.493 e. The number of carbonyl (C=O) groups excluding carboxylic acids is 1. The fourth-order valence-electron chi connectivity index (χ4n) is 3.99. The highest BCUT2D eigenvalue weighted by Crippen LogP contribution is 2.39. The zero-order chi connectivity index (χ0) is 26.2. The van der Waals surface area contributed by atoms with Crippen molar-refractivity contribution in [2.45, 2.75) is 13.3 Å². The summed E-state index contributed by atoms with van der Waals surface area (Å²) in [4.78, 5) is 13.1. The molecule has 1 aliphatic rings. The van der Waals surface area contributed by atoms with E-state index in [1.807, 2.05) is 67.6 Å². The Morgan fingerprint density at radius 1 is 0.892 bits per heavy atom. The van der Waals surface area contributed by atoms with E-state index in [1.165, 1.54) is 5.01 Å². The van der Waals surface area contributed by atoms with Crippen molar-refractivity contribution in [2.24, 2.45) is 5.10 Å². The third-order valence-corrected chi connectivity index (χ3v) is 5.78. The standard InChI is InChI=1S/C30H30N2O5/c1-5-11-23-12-9-10-15-26(23)36-16-17-37-29-27(34-3)19-22(20-28(29)35-4)18-25-21(2)31-32(30(25)33)24-13-7-6-8-14-24/h5-10,12-15,18-20H,1,11,16-17H2,2-4H3/b25-18-. The van der Waals surface area contributed by atoms with Crippen LogP contribution in [0.25, 0.3) is 6.08 Å². The van der Waals surface area contributed by atoms with Gasteiger partial charge >= 0.3 is 0 Å². The molecule has 1 amide bonds. The molecule has 1 heterocycles. The van der Waals surface area contributed by atoms with Crippen LogP contribution in [0.15, 0.2) is 90.1 Å². The number of rotatable bonds is 11. The third kappa shape index (κ3) is 5.83. The Morgan fingerprint density at radius 2 is 1.54 bits per heavy atom. The SMILES string of the molecule is C=CCc1ccccc1OCCOc1c(OC)cc(/C=C2\C(=O)N(c3ccccc3)N=C2C)cc1OC. The van der Waals surface area contributed by atoms with Crippen LogP contribution in [-0.4, -0.2) is 39.1 Å². The van der Waals surface area contributed by atoms with E-state index in [9.17, 15) is 4.79 Å². The van der Waals surface area contributed by atoms with Crippen molar-refractivity contribution in [2.75, 3.05) is 32.4 Å². The molecule has 0 N–H and O–H groups in total. The maximum Gasteiger partial charge on any atom is 0.280 e. The van der Waals surface area contributed by atoms with E-state index in [0.29, 0.717) is 40.8 Å². The summed E-state index contributed by atoms with van der Waals surface area (Å²) in [6.45, 7) is 6.23. The first-order valence-corrected chi connectivity index (χ1v) is 11.9. The third-order valence-electron chi connectivity index (χ3n) is 5.78. The number of hydrogen-bond donors (Lipinski definition) is 0. The predicted octanol–water partition coefficient (Wildman–Crippen LogP) is 5.70. The molecule has 0 bridgehead atoms. The number of ether oxygens (including phenoxy) is 4. The average Bonchev–Trinajstić information content (AvgIpc) is 3.21. The summed E-state index contributed by atoms with van der Waals surface area (Å²) in [5, 5.41) is 5.84. The van der Waals surface area contributed by atoms with E-state index < -0.39 is 0 Å². The quantitative estimate of drug-likeness (QED) is 0.193. The van der Waals surface area contributed by atoms with Crippen molar-refractivity contribution in [1.82, 2.24) is 0 Å². The highest BCUT2D eigenvalue weighted by Gasteiger charge is 2.29. The molecular weight excluding hydrogens is 468 g/mol. The number of hydrazone groups is 1. The summed E-state index contributed by atoms with van der Waals surface area (Å²) in [5.74, 6) is 2.03. The smallest absolute Gasteiger partial charge is 0.280 e. The van der Waals surface area contributed by atoms with Crippen molar-refractivity contribution in [3.05, 3.63) is 96.1 Å². The van der Waals surface area contributed by atoms with E-state index in [-0.39, 0.29) is 12.5 Å². The predicted molar refractivity (Wildman–Crippen MR) is 146 cm³/mol. The van der Waals surface area contributed by atoms with Gasteiger partial charge in [0.05, 0.1) is 31.2 Å². The molecule has 0 unspecified atom stereocenters. The zero-order valence-corrected chi connectivity index (χ0v) is 21.3. The van der Waals surface area contributed by atoms with Gasteiger partial charge in [-0.05, 0) is 60.9 Å². The maximum atomic E-state index is 13.1. The summed E-state index contributed by atoms with van der Waals surface area (Å²) in [6, 6.07) is 20.8. The molecule has 0 saturated carbocycles. The molecule has 0 atom stereocenters. The highest BCUT2D eigenvalue weighted by atomic mass is 16.6. The van der Waals surface area contributed by atoms with Gasteiger partial charge in [0.25, 0.3) is 5.91 Å². The van der Waals surface area contributed by atoms with E-state index in [0.717, 1.165) is 23.3 Å². The van der Waals surface area contributed by atoms with Gasteiger partial charge in [0.2, 0.25) is 5.75 Å². The van der Waals surface area contributed by atoms with Crippen LogP contribution in [0.2, 0.25) is 0 Å². The van der Waals surface area contributed by atoms with Crippen LogP contribution in [0.5, 0.6) is 23.0 Å². The van der Waals surface area contributed by atoms with E-state index in [4.69, 9.17) is 18.9 Å². The van der Waals surface area contributed by atoms with Crippen molar-refractivity contribution in [3.8, 4) is 23.0 Å². The fourth-order valence-corrected chi connectivity index (χ4v) is 3.99. The van der Waals surface area contributed by atoms with Gasteiger partial charge in [-0.3, -0.25) is 4.79 Å². The van der Waals surface area contributed by atoms with Crippen LogP contribution in [-0.2, 0) is 11.2 Å². The van der Waals surface area contributed by atoms with Gasteiger partial charge in [0.15, 0.2) is 11.5 Å². The average molecular weight is 499 g/mol. The molecule has 3 aromatic rings. The molecule has 4 rings (SSSR count). The molecule has 0 aliphatic carbocycles. The van der Waals surface area contributed by atoms with Gasteiger partial charge < -0.3 is 18.9 Å². The lowest BCUT2D eigenvalue weighted by molar-refractivity contribution is -0.114. The van der Waals surface area contributed by atoms with Crippen molar-refractivity contribution >= 4 is 23.4 Å². The lowest BCUT2D eigenvalue weighted by atomic mass is 10.1. The number of benzene rings is 3. The molecule has 1 aliphatic heterocycles. The Balaban J connectivity index is 1.50. The Morgan fingerprint density at radius 3 is 2.22 bits per heavy atom. The van der Waals surface area contributed by atoms with Gasteiger partial charge in [-0.1, -0.05) is 42.5 Å². The number of hydrogen-bond acceptors (Lipinski definition) is 6. The first kappa shape index (κ1) is 25.6. The number of para-hydroxylation sites is 2. The van der Waals surface area contributed by atoms with Crippen LogP contribution < -0.4 is 24.0 Å². The second kappa shape index (κ2) is 11.9. The molecule has 0 fully saturated rings. The molecule has 7 nitrogen and oxygen atoms in total. The molecule has 0 saturated heterocycles. The summed E-state index contributed by atoms with van der Waals surface area (Å²) in [5.41, 5.74) is 3.62. The first-order valence-electron chi connectivity index (χ1n) is 11.9. The number of amides is 1. The van der Waals surface area contributed by atoms with E-state index >= 15 is 0 Å². The second-order valence-corrected chi connectivity index (χ2v) is 8.25. The molecular formula is C30H30N2O5. The molecule has 0 radical (unpaired) electrons. The molecule has 7 heteroatoms. The van der Waals surface area contributed by atoms with Gasteiger partial charge in [-0.25, -0.2) is 0 Å². The number of nitrogens with zero attached hydrogens (tertiary/aromatic N) is 2. The molecule has 3 aromatic carbocycles. The van der Waals surface area contributed by atoms with Crippen molar-refractivity contribution < 1.29 is 23.7 Å². The Bertz CT molecular complexity index is 1310. The van der Waals surface area contributed by atoms with E-state index in [1.54, 1.807) is 32.4 Å². The monoisotopic (exact) mass is 498 g/mol. The van der Waals surface area contributed by atoms with Crippen LogP contribution >= 0.6 is 0 Å². The van der Waals surface area contributed by atoms with E-state index in [2.05, 4.69) is 11.7 Å². The van der Waals surface area contributed by atoms with Gasteiger partial charge in [0.1, 0.15) is 19.0 Å². The van der Waals surface area contributed by atoms with Gasteiger partial charge in [0, 0.05) is 0 Å². The normalized spacial score (nSPS) is 13.9. The Hall–Kier alpha value is -4.52. The summed E-state index contributed by atoms with van der Waals surface area (Å²) in [6.07, 6.45) is 4.35. The summed E-state index contributed by atoms with van der Waals surface area (Å²) >= 11 is 0. The lowest BCUT2D eigenvalue weighted by Crippen LogP contribution is -2.21. The fraction of sp³-hybridized carbons (Fsp3) is 0.200. The lowest BCUT2D eigenvalue weighted by Gasteiger charge is -2.16. The van der Waals surface area contributed by atoms with Crippen molar-refractivity contribution in [1.29, 1.82) is 0 Å². The molecule has 190 valence electrons. The molecule has 0 spiro atoms. The van der Waals surface area contributed by atoms with Crippen LogP contribution in [0, 0.1) is 0 Å². The topological polar surface area (TPSA) is 69.6 Å². The number of anilines is 1. The Labute approximate surface area is 217 Å². The summed E-state index contributed by atoms with van der Waals surface area (Å²) in [7, 11) is 3.12. The number of allylic oxidation sites excluding steroid dienone is 1. The number of carbonyl (C=O) groups is 1. The second-order valence-electron chi connectivity index (χ2n) is 8.25. The summed E-state index contributed by atoms with van der Waals surface area (Å²) < 4.78 is 23.1. The molecule has 37 heavy (non-hydrogen) atoms. The minimum Gasteiger partial charge on any atom is -0.493 e. The Kier molecular flexibility index (Phi) is 8.26. The van der Waals surface area contributed by atoms with Crippen molar-refractivity contribution in [3.63, 3.8) is 0 Å². The zero-order valence-electron chi connectivity index (χ0n) is 21.3.